The number of non-ortho nitro benzene ring substituents is 1. The molecule has 0 bridgehead atoms. The molecule has 0 aromatic heterocycles. The normalized spacial score (nSPS) is 18.0. The Hall–Kier alpha value is -2.15. The van der Waals surface area contributed by atoms with E-state index in [9.17, 15) is 14.9 Å². The number of carbonyl (C=O) groups excluding carboxylic acids is 1. The Morgan fingerprint density at radius 2 is 2.04 bits per heavy atom. The first-order valence-corrected chi connectivity index (χ1v) is 8.69. The third-order valence-electron chi connectivity index (χ3n) is 4.07. The zero-order valence-electron chi connectivity index (χ0n) is 15.2. The molecule has 1 saturated heterocycles. The molecule has 1 aliphatic heterocycles. The molecule has 1 heterocycles. The molecule has 1 amide bonds. The zero-order valence-corrected chi connectivity index (χ0v) is 15.2. The summed E-state index contributed by atoms with van der Waals surface area (Å²) >= 11 is 0. The molecule has 2 rings (SSSR count). The van der Waals surface area contributed by atoms with Gasteiger partial charge in [0.05, 0.1) is 4.92 Å². The van der Waals surface area contributed by atoms with E-state index < -0.39 is 10.5 Å². The molecular formula is C18H27N3O4. The van der Waals surface area contributed by atoms with Crippen molar-refractivity contribution in [1.29, 1.82) is 0 Å². The molecule has 1 atom stereocenters. The van der Waals surface area contributed by atoms with Crippen LogP contribution in [0.15, 0.2) is 24.3 Å². The van der Waals surface area contributed by atoms with Crippen LogP contribution in [-0.4, -0.2) is 47.2 Å². The summed E-state index contributed by atoms with van der Waals surface area (Å²) in [5.74, 6) is 0. The number of nitrogens with one attached hydrogen (secondary N) is 1. The highest BCUT2D eigenvalue weighted by atomic mass is 16.6. The van der Waals surface area contributed by atoms with Gasteiger partial charge in [0.2, 0.25) is 0 Å². The molecule has 0 spiro atoms. The van der Waals surface area contributed by atoms with E-state index in [1.165, 1.54) is 12.1 Å². The van der Waals surface area contributed by atoms with Gasteiger partial charge in [0.1, 0.15) is 5.60 Å². The number of carbonyl (C=O) groups is 1. The van der Waals surface area contributed by atoms with Gasteiger partial charge in [-0.1, -0.05) is 12.1 Å². The summed E-state index contributed by atoms with van der Waals surface area (Å²) in [5.41, 5.74) is 0.683. The van der Waals surface area contributed by atoms with Gasteiger partial charge in [-0.15, -0.1) is 0 Å². The smallest absolute Gasteiger partial charge is 0.410 e. The lowest BCUT2D eigenvalue weighted by atomic mass is 10.1. The molecule has 1 unspecified atom stereocenters. The number of hydrogen-bond donors (Lipinski definition) is 1. The van der Waals surface area contributed by atoms with Crippen LogP contribution in [0.2, 0.25) is 0 Å². The van der Waals surface area contributed by atoms with Crippen LogP contribution in [0, 0.1) is 10.1 Å². The number of likely N-dealkylation sites (tertiary alicyclic amines) is 1. The van der Waals surface area contributed by atoms with Gasteiger partial charge in [-0.05, 0) is 52.1 Å². The van der Waals surface area contributed by atoms with Gasteiger partial charge in [-0.3, -0.25) is 10.1 Å². The van der Waals surface area contributed by atoms with E-state index in [0.717, 1.165) is 37.9 Å². The average Bonchev–Trinajstić information content (AvgIpc) is 2.54. The Morgan fingerprint density at radius 1 is 1.36 bits per heavy atom. The number of nitro benzene ring substituents is 1. The average molecular weight is 349 g/mol. The molecule has 1 aliphatic rings. The summed E-state index contributed by atoms with van der Waals surface area (Å²) in [6.07, 6.45) is 2.52. The molecule has 0 radical (unpaired) electrons. The highest BCUT2D eigenvalue weighted by Crippen LogP contribution is 2.16. The lowest BCUT2D eigenvalue weighted by Crippen LogP contribution is -2.49. The van der Waals surface area contributed by atoms with Crippen LogP contribution >= 0.6 is 0 Å². The fourth-order valence-electron chi connectivity index (χ4n) is 2.84. The number of benzene rings is 1. The standard InChI is InChI=1S/C18H27N3O4/c1-18(2,3)25-17(22)20-12-4-5-15(13-20)19-11-10-14-6-8-16(9-7-14)21(23)24/h6-9,15,19H,4-5,10-13H2,1-3H3. The van der Waals surface area contributed by atoms with Gasteiger partial charge >= 0.3 is 6.09 Å². The Labute approximate surface area is 148 Å². The third-order valence-corrected chi connectivity index (χ3v) is 4.07. The van der Waals surface area contributed by atoms with Crippen molar-refractivity contribution in [2.45, 2.75) is 51.7 Å². The van der Waals surface area contributed by atoms with Crippen LogP contribution in [0.5, 0.6) is 0 Å². The molecule has 0 saturated carbocycles. The predicted octanol–water partition coefficient (Wildman–Crippen LogP) is 3.13. The van der Waals surface area contributed by atoms with Gasteiger partial charge in [-0.25, -0.2) is 4.79 Å². The molecule has 7 nitrogen and oxygen atoms in total. The first-order chi connectivity index (χ1) is 11.7. The van der Waals surface area contributed by atoms with E-state index in [1.807, 2.05) is 20.8 Å². The van der Waals surface area contributed by atoms with Crippen molar-refractivity contribution in [2.75, 3.05) is 19.6 Å². The lowest BCUT2D eigenvalue weighted by molar-refractivity contribution is -0.384. The number of nitro groups is 1. The second kappa shape index (κ2) is 8.29. The van der Waals surface area contributed by atoms with E-state index in [4.69, 9.17) is 4.74 Å². The van der Waals surface area contributed by atoms with Gasteiger partial charge in [0, 0.05) is 31.3 Å². The SMILES string of the molecule is CC(C)(C)OC(=O)N1CCCC(NCCc2ccc([N+](=O)[O-])cc2)C1. The summed E-state index contributed by atoms with van der Waals surface area (Å²) in [6.45, 7) is 7.76. The second-order valence-corrected chi connectivity index (χ2v) is 7.39. The molecule has 1 aromatic carbocycles. The molecular weight excluding hydrogens is 322 g/mol. The summed E-state index contributed by atoms with van der Waals surface area (Å²) in [5, 5.41) is 14.1. The highest BCUT2D eigenvalue weighted by Gasteiger charge is 2.27. The van der Waals surface area contributed by atoms with Gasteiger partial charge in [-0.2, -0.15) is 0 Å². The first kappa shape index (κ1) is 19.2. The van der Waals surface area contributed by atoms with Crippen LogP contribution in [0.4, 0.5) is 10.5 Å². The minimum atomic E-state index is -0.479. The van der Waals surface area contributed by atoms with Crippen LogP contribution in [-0.2, 0) is 11.2 Å². The number of amides is 1. The summed E-state index contributed by atoms with van der Waals surface area (Å²) in [4.78, 5) is 24.2. The Bertz CT molecular complexity index is 595. The maximum atomic E-state index is 12.2. The highest BCUT2D eigenvalue weighted by molar-refractivity contribution is 5.68. The summed E-state index contributed by atoms with van der Waals surface area (Å²) < 4.78 is 5.43. The monoisotopic (exact) mass is 349 g/mol. The van der Waals surface area contributed by atoms with Crippen LogP contribution < -0.4 is 5.32 Å². The minimum absolute atomic E-state index is 0.108. The topological polar surface area (TPSA) is 84.7 Å². The van der Waals surface area contributed by atoms with Crippen molar-refractivity contribution >= 4 is 11.8 Å². The zero-order chi connectivity index (χ0) is 18.4. The minimum Gasteiger partial charge on any atom is -0.444 e. The third kappa shape index (κ3) is 6.34. The number of ether oxygens (including phenoxy) is 1. The van der Waals surface area contributed by atoms with Crippen molar-refractivity contribution < 1.29 is 14.5 Å². The Morgan fingerprint density at radius 3 is 2.64 bits per heavy atom. The molecule has 25 heavy (non-hydrogen) atoms. The summed E-state index contributed by atoms with van der Waals surface area (Å²) in [6, 6.07) is 6.88. The van der Waals surface area contributed by atoms with Crippen molar-refractivity contribution in [2.24, 2.45) is 0 Å². The molecule has 0 aliphatic carbocycles. The maximum absolute atomic E-state index is 12.2. The summed E-state index contributed by atoms with van der Waals surface area (Å²) in [7, 11) is 0. The molecule has 1 fully saturated rings. The molecule has 138 valence electrons. The first-order valence-electron chi connectivity index (χ1n) is 8.69. The molecule has 1 N–H and O–H groups in total. The van der Waals surface area contributed by atoms with E-state index in [1.54, 1.807) is 17.0 Å². The van der Waals surface area contributed by atoms with E-state index in [0.29, 0.717) is 6.54 Å². The predicted molar refractivity (Wildman–Crippen MR) is 95.6 cm³/mol. The van der Waals surface area contributed by atoms with Crippen molar-refractivity contribution in [3.63, 3.8) is 0 Å². The Kier molecular flexibility index (Phi) is 6.36. The van der Waals surface area contributed by atoms with Crippen molar-refractivity contribution in [3.8, 4) is 0 Å². The van der Waals surface area contributed by atoms with Crippen LogP contribution in [0.25, 0.3) is 0 Å². The van der Waals surface area contributed by atoms with Gasteiger partial charge in [0.25, 0.3) is 5.69 Å². The van der Waals surface area contributed by atoms with Gasteiger partial charge < -0.3 is 15.0 Å². The number of nitrogens with zero attached hydrogens (tertiary/aromatic N) is 2. The van der Waals surface area contributed by atoms with Crippen molar-refractivity contribution in [1.82, 2.24) is 10.2 Å². The fourth-order valence-corrected chi connectivity index (χ4v) is 2.84. The fraction of sp³-hybridized carbons (Fsp3) is 0.611. The Balaban J connectivity index is 1.77. The van der Waals surface area contributed by atoms with Gasteiger partial charge in [0.15, 0.2) is 0 Å². The number of piperidine rings is 1. The van der Waals surface area contributed by atoms with Crippen molar-refractivity contribution in [3.05, 3.63) is 39.9 Å². The second-order valence-electron chi connectivity index (χ2n) is 7.39. The van der Waals surface area contributed by atoms with E-state index in [2.05, 4.69) is 5.32 Å². The van der Waals surface area contributed by atoms with E-state index >= 15 is 0 Å². The van der Waals surface area contributed by atoms with Crippen LogP contribution in [0.1, 0.15) is 39.2 Å². The van der Waals surface area contributed by atoms with E-state index in [-0.39, 0.29) is 17.8 Å². The molecule has 1 aromatic rings. The number of hydrogen-bond acceptors (Lipinski definition) is 5. The molecule has 7 heteroatoms. The number of rotatable bonds is 5. The largest absolute Gasteiger partial charge is 0.444 e. The quantitative estimate of drug-likeness (QED) is 0.652. The lowest BCUT2D eigenvalue weighted by Gasteiger charge is -2.34. The van der Waals surface area contributed by atoms with Crippen LogP contribution in [0.3, 0.4) is 0 Å². The maximum Gasteiger partial charge on any atom is 0.410 e.